The molecule has 1 aromatic carbocycles. The van der Waals surface area contributed by atoms with Gasteiger partial charge < -0.3 is 10.6 Å². The molecule has 0 spiro atoms. The van der Waals surface area contributed by atoms with Crippen LogP contribution in [0.4, 0.5) is 0 Å². The molecule has 1 amide bonds. The Kier molecular flexibility index (Phi) is 6.54. The molecule has 1 aromatic rings. The Morgan fingerprint density at radius 2 is 2.06 bits per heavy atom. The van der Waals surface area contributed by atoms with Crippen molar-refractivity contribution < 1.29 is 4.79 Å². The van der Waals surface area contributed by atoms with Crippen molar-refractivity contribution in [2.24, 2.45) is 5.92 Å². The first-order valence-electron chi connectivity index (χ1n) is 5.91. The normalized spacial score (nSPS) is 14.5. The first kappa shape index (κ1) is 15.3. The summed E-state index contributed by atoms with van der Waals surface area (Å²) in [6, 6.07) is 8.26. The Bertz CT molecular complexity index is 379. The van der Waals surface area contributed by atoms with Crippen molar-refractivity contribution in [3.05, 3.63) is 29.8 Å². The number of thioether (sulfide) groups is 1. The van der Waals surface area contributed by atoms with Crippen molar-refractivity contribution in [1.82, 2.24) is 10.6 Å². The van der Waals surface area contributed by atoms with Crippen molar-refractivity contribution in [2.45, 2.75) is 11.8 Å². The van der Waals surface area contributed by atoms with Crippen molar-refractivity contribution >= 4 is 30.1 Å². The lowest BCUT2D eigenvalue weighted by Crippen LogP contribution is -2.48. The number of nitrogens with one attached hydrogen (secondary N) is 2. The van der Waals surface area contributed by atoms with Crippen molar-refractivity contribution in [3.63, 3.8) is 0 Å². The van der Waals surface area contributed by atoms with Gasteiger partial charge in [0.1, 0.15) is 0 Å². The third kappa shape index (κ3) is 4.88. The summed E-state index contributed by atoms with van der Waals surface area (Å²) in [5, 5.41) is 6.16. The van der Waals surface area contributed by atoms with Gasteiger partial charge in [0.15, 0.2) is 0 Å². The van der Waals surface area contributed by atoms with Crippen LogP contribution in [0.2, 0.25) is 0 Å². The average molecular weight is 287 g/mol. The van der Waals surface area contributed by atoms with Crippen LogP contribution in [0, 0.1) is 12.8 Å². The quantitative estimate of drug-likeness (QED) is 0.812. The third-order valence-electron chi connectivity index (χ3n) is 2.84. The Morgan fingerprint density at radius 3 is 2.61 bits per heavy atom. The fourth-order valence-corrected chi connectivity index (χ4v) is 2.31. The van der Waals surface area contributed by atoms with Crippen molar-refractivity contribution in [1.29, 1.82) is 0 Å². The van der Waals surface area contributed by atoms with Gasteiger partial charge in [0.05, 0.1) is 5.75 Å². The monoisotopic (exact) mass is 286 g/mol. The van der Waals surface area contributed by atoms with Gasteiger partial charge in [-0.1, -0.05) is 17.7 Å². The summed E-state index contributed by atoms with van der Waals surface area (Å²) in [5.41, 5.74) is 1.25. The second-order valence-electron chi connectivity index (χ2n) is 4.43. The van der Waals surface area contributed by atoms with Gasteiger partial charge in [0.2, 0.25) is 5.91 Å². The van der Waals surface area contributed by atoms with Gasteiger partial charge in [-0.2, -0.15) is 0 Å². The number of rotatable bonds is 5. The summed E-state index contributed by atoms with van der Waals surface area (Å²) < 4.78 is 0. The molecule has 0 aromatic heterocycles. The zero-order valence-electron chi connectivity index (χ0n) is 10.4. The maximum atomic E-state index is 11.6. The minimum absolute atomic E-state index is 0. The van der Waals surface area contributed by atoms with E-state index in [0.29, 0.717) is 11.7 Å². The second-order valence-corrected chi connectivity index (χ2v) is 5.48. The highest BCUT2D eigenvalue weighted by atomic mass is 35.5. The van der Waals surface area contributed by atoms with E-state index in [4.69, 9.17) is 0 Å². The molecule has 0 unspecified atom stereocenters. The number of hydrogen-bond acceptors (Lipinski definition) is 3. The van der Waals surface area contributed by atoms with Gasteiger partial charge in [0.25, 0.3) is 0 Å². The number of aryl methyl sites for hydroxylation is 1. The molecule has 0 radical (unpaired) electrons. The lowest BCUT2D eigenvalue weighted by atomic mass is 10.0. The fourth-order valence-electron chi connectivity index (χ4n) is 1.59. The Balaban J connectivity index is 0.00000162. The second kappa shape index (κ2) is 7.67. The Morgan fingerprint density at radius 1 is 1.39 bits per heavy atom. The summed E-state index contributed by atoms with van der Waals surface area (Å²) in [6.07, 6.45) is 0. The average Bonchev–Trinajstić information content (AvgIpc) is 2.26. The third-order valence-corrected chi connectivity index (χ3v) is 3.86. The van der Waals surface area contributed by atoms with E-state index in [9.17, 15) is 4.79 Å². The van der Waals surface area contributed by atoms with E-state index in [0.717, 1.165) is 24.5 Å². The maximum Gasteiger partial charge on any atom is 0.230 e. The molecule has 3 nitrogen and oxygen atoms in total. The summed E-state index contributed by atoms with van der Waals surface area (Å²) in [7, 11) is 0. The van der Waals surface area contributed by atoms with Crippen LogP contribution in [0.3, 0.4) is 0 Å². The van der Waals surface area contributed by atoms with Crippen molar-refractivity contribution in [3.8, 4) is 0 Å². The zero-order chi connectivity index (χ0) is 12.1. The van der Waals surface area contributed by atoms with Gasteiger partial charge in [-0.15, -0.1) is 24.2 Å². The highest BCUT2D eigenvalue weighted by Gasteiger charge is 2.16. The zero-order valence-corrected chi connectivity index (χ0v) is 12.1. The molecule has 0 saturated carbocycles. The minimum Gasteiger partial charge on any atom is -0.355 e. The molecule has 2 rings (SSSR count). The van der Waals surface area contributed by atoms with Crippen LogP contribution < -0.4 is 10.6 Å². The predicted molar refractivity (Wildman–Crippen MR) is 78.5 cm³/mol. The summed E-state index contributed by atoms with van der Waals surface area (Å²) in [6.45, 7) is 4.94. The molecule has 18 heavy (non-hydrogen) atoms. The van der Waals surface area contributed by atoms with Crippen LogP contribution in [0.1, 0.15) is 5.56 Å². The predicted octanol–water partition coefficient (Wildman–Crippen LogP) is 1.84. The molecule has 100 valence electrons. The van der Waals surface area contributed by atoms with Gasteiger partial charge in [-0.05, 0) is 19.1 Å². The molecule has 1 heterocycles. The Labute approximate surface area is 119 Å². The largest absolute Gasteiger partial charge is 0.355 e. The molecule has 5 heteroatoms. The van der Waals surface area contributed by atoms with Crippen LogP contribution in [-0.2, 0) is 4.79 Å². The first-order chi connectivity index (χ1) is 8.24. The van der Waals surface area contributed by atoms with E-state index in [1.54, 1.807) is 11.8 Å². The molecule has 0 atom stereocenters. The van der Waals surface area contributed by atoms with Gasteiger partial charge >= 0.3 is 0 Å². The minimum atomic E-state index is 0. The van der Waals surface area contributed by atoms with E-state index in [2.05, 4.69) is 41.8 Å². The molecule has 0 bridgehead atoms. The molecule has 0 aliphatic carbocycles. The van der Waals surface area contributed by atoms with Crippen molar-refractivity contribution in [2.75, 3.05) is 25.4 Å². The Hall–Kier alpha value is -0.710. The van der Waals surface area contributed by atoms with Gasteiger partial charge in [0, 0.05) is 30.4 Å². The van der Waals surface area contributed by atoms with Crippen LogP contribution >= 0.6 is 24.2 Å². The number of benzene rings is 1. The van der Waals surface area contributed by atoms with Crippen LogP contribution in [0.25, 0.3) is 0 Å². The molecule has 1 aliphatic heterocycles. The van der Waals surface area contributed by atoms with Gasteiger partial charge in [-0.3, -0.25) is 4.79 Å². The van der Waals surface area contributed by atoms with E-state index >= 15 is 0 Å². The van der Waals surface area contributed by atoms with E-state index in [1.165, 1.54) is 5.56 Å². The number of carbonyl (C=O) groups excluding carboxylic acids is 1. The SMILES string of the molecule is Cc1ccc(SCC(=O)NCC2CNC2)cc1.Cl. The topological polar surface area (TPSA) is 41.1 Å². The highest BCUT2D eigenvalue weighted by Crippen LogP contribution is 2.17. The van der Waals surface area contributed by atoms with E-state index in [-0.39, 0.29) is 18.3 Å². The lowest BCUT2D eigenvalue weighted by molar-refractivity contribution is -0.118. The first-order valence-corrected chi connectivity index (χ1v) is 6.89. The molecular formula is C13H19ClN2OS. The molecule has 1 saturated heterocycles. The smallest absolute Gasteiger partial charge is 0.230 e. The van der Waals surface area contributed by atoms with Crippen LogP contribution in [0.5, 0.6) is 0 Å². The van der Waals surface area contributed by atoms with Crippen LogP contribution in [-0.4, -0.2) is 31.3 Å². The number of halogens is 1. The highest BCUT2D eigenvalue weighted by molar-refractivity contribution is 8.00. The fraction of sp³-hybridized carbons (Fsp3) is 0.462. The summed E-state index contributed by atoms with van der Waals surface area (Å²) in [5.74, 6) is 1.26. The number of carbonyl (C=O) groups is 1. The molecule has 1 fully saturated rings. The van der Waals surface area contributed by atoms with E-state index in [1.807, 2.05) is 0 Å². The number of amides is 1. The molecule has 2 N–H and O–H groups in total. The summed E-state index contributed by atoms with van der Waals surface area (Å²) in [4.78, 5) is 12.7. The van der Waals surface area contributed by atoms with Crippen LogP contribution in [0.15, 0.2) is 29.2 Å². The van der Waals surface area contributed by atoms with E-state index < -0.39 is 0 Å². The standard InChI is InChI=1S/C13H18N2OS.ClH/c1-10-2-4-12(5-3-10)17-9-13(16)15-8-11-6-14-7-11;/h2-5,11,14H,6-9H2,1H3,(H,15,16);1H. The number of hydrogen-bond donors (Lipinski definition) is 2. The lowest BCUT2D eigenvalue weighted by Gasteiger charge is -2.27. The molecular weight excluding hydrogens is 268 g/mol. The van der Waals surface area contributed by atoms with Gasteiger partial charge in [-0.25, -0.2) is 0 Å². The maximum absolute atomic E-state index is 11.6. The molecule has 1 aliphatic rings. The summed E-state index contributed by atoms with van der Waals surface area (Å²) >= 11 is 1.59.